The summed E-state index contributed by atoms with van der Waals surface area (Å²) >= 11 is 1.60. The van der Waals surface area contributed by atoms with Crippen LogP contribution in [0, 0.1) is 0 Å². The number of nitrogens with one attached hydrogen (secondary N) is 1. The Bertz CT molecular complexity index is 337. The molecule has 4 nitrogen and oxygen atoms in total. The number of amides is 1. The Hall–Kier alpha value is -0.710. The maximum Gasteiger partial charge on any atom is 0.326 e. The van der Waals surface area contributed by atoms with E-state index in [1.807, 2.05) is 6.26 Å². The van der Waals surface area contributed by atoms with Crippen LogP contribution in [0.25, 0.3) is 0 Å². The van der Waals surface area contributed by atoms with E-state index in [9.17, 15) is 9.59 Å². The molecular weight excluding hydrogens is 334 g/mol. The lowest BCUT2D eigenvalue weighted by atomic mass is 10.0. The second-order valence-electron chi connectivity index (χ2n) is 6.88. The molecule has 0 aliphatic rings. The molecule has 0 heterocycles. The molecule has 0 aliphatic carbocycles. The predicted octanol–water partition coefficient (Wildman–Crippen LogP) is 5.40. The highest BCUT2D eigenvalue weighted by molar-refractivity contribution is 7.98. The van der Waals surface area contributed by atoms with Crippen molar-refractivity contribution in [2.45, 2.75) is 103 Å². The van der Waals surface area contributed by atoms with Gasteiger partial charge in [-0.1, -0.05) is 77.6 Å². The van der Waals surface area contributed by atoms with Gasteiger partial charge in [-0.15, -0.1) is 0 Å². The number of thioether (sulfide) groups is 1. The van der Waals surface area contributed by atoms with Crippen molar-refractivity contribution in [3.63, 3.8) is 0 Å². The standard InChI is InChI=1S/C20H39NO3S/c1-3-4-5-6-7-8-9-10-11-12-13-14-15-19(22)21-18(20(23)24)16-17-25-2/h18H,3-17H2,1-2H3,(H,21,22)(H,23,24)/t18-/m0/s1. The second-order valence-corrected chi connectivity index (χ2v) is 7.86. The first-order valence-corrected chi connectivity index (χ1v) is 11.5. The van der Waals surface area contributed by atoms with Crippen molar-refractivity contribution >= 4 is 23.6 Å². The predicted molar refractivity (Wildman–Crippen MR) is 108 cm³/mol. The van der Waals surface area contributed by atoms with Crippen molar-refractivity contribution in [3.05, 3.63) is 0 Å². The lowest BCUT2D eigenvalue weighted by Crippen LogP contribution is -2.41. The molecule has 0 unspecified atom stereocenters. The molecule has 0 fully saturated rings. The average Bonchev–Trinajstić information content (AvgIpc) is 2.59. The Labute approximate surface area is 158 Å². The zero-order valence-electron chi connectivity index (χ0n) is 16.4. The molecule has 1 atom stereocenters. The summed E-state index contributed by atoms with van der Waals surface area (Å²) in [4.78, 5) is 22.9. The molecule has 0 saturated heterocycles. The summed E-state index contributed by atoms with van der Waals surface area (Å²) in [6.07, 6.45) is 18.1. The minimum Gasteiger partial charge on any atom is -0.480 e. The summed E-state index contributed by atoms with van der Waals surface area (Å²) in [5.41, 5.74) is 0. The minimum absolute atomic E-state index is 0.124. The number of carboxylic acids is 1. The monoisotopic (exact) mass is 373 g/mol. The Morgan fingerprint density at radius 3 is 1.80 bits per heavy atom. The molecule has 0 radical (unpaired) electrons. The zero-order chi connectivity index (χ0) is 18.8. The molecule has 0 spiro atoms. The van der Waals surface area contributed by atoms with E-state index in [0.717, 1.165) is 18.6 Å². The van der Waals surface area contributed by atoms with Crippen molar-refractivity contribution < 1.29 is 14.7 Å². The van der Waals surface area contributed by atoms with Crippen LogP contribution in [0.4, 0.5) is 0 Å². The summed E-state index contributed by atoms with van der Waals surface area (Å²) in [6, 6.07) is -0.739. The first-order valence-electron chi connectivity index (χ1n) is 10.1. The SMILES string of the molecule is CCCCCCCCCCCCCCC(=O)N[C@@H](CCSC)C(=O)O. The molecule has 0 bridgehead atoms. The van der Waals surface area contributed by atoms with Crippen LogP contribution in [0.2, 0.25) is 0 Å². The van der Waals surface area contributed by atoms with Crippen molar-refractivity contribution in [2.24, 2.45) is 0 Å². The maximum absolute atomic E-state index is 11.8. The van der Waals surface area contributed by atoms with E-state index in [2.05, 4.69) is 12.2 Å². The van der Waals surface area contributed by atoms with E-state index < -0.39 is 12.0 Å². The summed E-state index contributed by atoms with van der Waals surface area (Å²) in [7, 11) is 0. The van der Waals surface area contributed by atoms with E-state index in [1.54, 1.807) is 11.8 Å². The molecule has 0 aromatic rings. The van der Waals surface area contributed by atoms with Crippen LogP contribution in [-0.2, 0) is 9.59 Å². The number of hydrogen-bond acceptors (Lipinski definition) is 3. The number of aliphatic carboxylic acids is 1. The number of carboxylic acid groups (broad SMARTS) is 1. The Balaban J connectivity index is 3.46. The van der Waals surface area contributed by atoms with Crippen LogP contribution < -0.4 is 5.32 Å². The van der Waals surface area contributed by atoms with Crippen molar-refractivity contribution in [1.82, 2.24) is 5.32 Å². The highest BCUT2D eigenvalue weighted by Gasteiger charge is 2.18. The molecule has 1 amide bonds. The van der Waals surface area contributed by atoms with Crippen LogP contribution >= 0.6 is 11.8 Å². The summed E-state index contributed by atoms with van der Waals surface area (Å²) < 4.78 is 0. The molecular formula is C20H39NO3S. The van der Waals surface area contributed by atoms with E-state index in [4.69, 9.17) is 5.11 Å². The van der Waals surface area contributed by atoms with Crippen LogP contribution in [0.3, 0.4) is 0 Å². The van der Waals surface area contributed by atoms with Gasteiger partial charge in [0, 0.05) is 6.42 Å². The Morgan fingerprint density at radius 1 is 0.880 bits per heavy atom. The molecule has 0 saturated carbocycles. The van der Waals surface area contributed by atoms with Crippen molar-refractivity contribution in [1.29, 1.82) is 0 Å². The molecule has 0 rings (SSSR count). The van der Waals surface area contributed by atoms with Gasteiger partial charge in [-0.25, -0.2) is 4.79 Å². The van der Waals surface area contributed by atoms with Gasteiger partial charge < -0.3 is 10.4 Å². The van der Waals surface area contributed by atoms with Gasteiger partial charge in [0.1, 0.15) is 6.04 Å². The van der Waals surface area contributed by atoms with Gasteiger partial charge in [-0.05, 0) is 24.9 Å². The normalized spacial score (nSPS) is 12.1. The molecule has 25 heavy (non-hydrogen) atoms. The van der Waals surface area contributed by atoms with Gasteiger partial charge in [-0.3, -0.25) is 4.79 Å². The van der Waals surface area contributed by atoms with Crippen LogP contribution in [0.1, 0.15) is 96.8 Å². The molecule has 0 aromatic heterocycles. The highest BCUT2D eigenvalue weighted by atomic mass is 32.2. The van der Waals surface area contributed by atoms with Crippen LogP contribution in [-0.4, -0.2) is 35.0 Å². The topological polar surface area (TPSA) is 66.4 Å². The Morgan fingerprint density at radius 2 is 1.36 bits per heavy atom. The quantitative estimate of drug-likeness (QED) is 0.316. The van der Waals surface area contributed by atoms with Gasteiger partial charge >= 0.3 is 5.97 Å². The average molecular weight is 374 g/mol. The van der Waals surface area contributed by atoms with Crippen LogP contribution in [0.15, 0.2) is 0 Å². The molecule has 5 heteroatoms. The smallest absolute Gasteiger partial charge is 0.326 e. The molecule has 0 aliphatic heterocycles. The third kappa shape index (κ3) is 16.5. The van der Waals surface area contributed by atoms with Gasteiger partial charge in [0.05, 0.1) is 0 Å². The van der Waals surface area contributed by atoms with E-state index in [0.29, 0.717) is 12.8 Å². The number of carbonyl (C=O) groups excluding carboxylic acids is 1. The fourth-order valence-corrected chi connectivity index (χ4v) is 3.36. The van der Waals surface area contributed by atoms with Gasteiger partial charge in [0.15, 0.2) is 0 Å². The number of unbranched alkanes of at least 4 members (excludes halogenated alkanes) is 11. The highest BCUT2D eigenvalue weighted by Crippen LogP contribution is 2.12. The molecule has 2 N–H and O–H groups in total. The minimum atomic E-state index is -0.933. The van der Waals surface area contributed by atoms with Crippen LogP contribution in [0.5, 0.6) is 0 Å². The summed E-state index contributed by atoms with van der Waals surface area (Å²) in [6.45, 7) is 2.25. The fourth-order valence-electron chi connectivity index (χ4n) is 2.89. The lowest BCUT2D eigenvalue weighted by molar-refractivity contribution is -0.141. The first-order chi connectivity index (χ1) is 12.1. The summed E-state index contributed by atoms with van der Waals surface area (Å²) in [5, 5.41) is 11.7. The molecule has 148 valence electrons. The number of hydrogen-bond donors (Lipinski definition) is 2. The number of rotatable bonds is 18. The largest absolute Gasteiger partial charge is 0.480 e. The van der Waals surface area contributed by atoms with Crippen molar-refractivity contribution in [3.8, 4) is 0 Å². The van der Waals surface area contributed by atoms with Gasteiger partial charge in [-0.2, -0.15) is 11.8 Å². The third-order valence-electron chi connectivity index (χ3n) is 4.50. The van der Waals surface area contributed by atoms with E-state index >= 15 is 0 Å². The number of carbonyl (C=O) groups is 2. The van der Waals surface area contributed by atoms with Gasteiger partial charge in [0.2, 0.25) is 5.91 Å². The summed E-state index contributed by atoms with van der Waals surface area (Å²) in [5.74, 6) is -0.312. The van der Waals surface area contributed by atoms with Crippen molar-refractivity contribution in [2.75, 3.05) is 12.0 Å². The lowest BCUT2D eigenvalue weighted by Gasteiger charge is -2.13. The van der Waals surface area contributed by atoms with E-state index in [1.165, 1.54) is 64.2 Å². The van der Waals surface area contributed by atoms with E-state index in [-0.39, 0.29) is 5.91 Å². The third-order valence-corrected chi connectivity index (χ3v) is 5.15. The van der Waals surface area contributed by atoms with Gasteiger partial charge in [0.25, 0.3) is 0 Å². The second kappa shape index (κ2) is 18.1. The zero-order valence-corrected chi connectivity index (χ0v) is 17.2. The Kier molecular flexibility index (Phi) is 17.6. The maximum atomic E-state index is 11.8. The molecule has 0 aromatic carbocycles. The first kappa shape index (κ1) is 24.3. The fraction of sp³-hybridized carbons (Fsp3) is 0.900.